The molecule has 1 aromatic carbocycles. The van der Waals surface area contributed by atoms with Gasteiger partial charge in [-0.25, -0.2) is 0 Å². The second kappa shape index (κ2) is 5.93. The highest BCUT2D eigenvalue weighted by Gasteiger charge is 2.12. The molecule has 0 saturated carbocycles. The van der Waals surface area contributed by atoms with Gasteiger partial charge in [0.1, 0.15) is 0 Å². The lowest BCUT2D eigenvalue weighted by molar-refractivity contribution is 0.0950. The van der Waals surface area contributed by atoms with Gasteiger partial charge in [-0.3, -0.25) is 4.79 Å². The van der Waals surface area contributed by atoms with Gasteiger partial charge in [-0.1, -0.05) is 38.1 Å². The van der Waals surface area contributed by atoms with E-state index in [9.17, 15) is 4.79 Å². The lowest BCUT2D eigenvalue weighted by Gasteiger charge is -2.07. The number of halogens is 1. The summed E-state index contributed by atoms with van der Waals surface area (Å²) in [5.41, 5.74) is 2.70. The van der Waals surface area contributed by atoms with Crippen molar-refractivity contribution in [1.82, 2.24) is 5.32 Å². The Morgan fingerprint density at radius 1 is 1.26 bits per heavy atom. The van der Waals surface area contributed by atoms with E-state index >= 15 is 0 Å². The van der Waals surface area contributed by atoms with E-state index in [-0.39, 0.29) is 11.1 Å². The molecule has 0 aliphatic heterocycles. The highest BCUT2D eigenvalue weighted by molar-refractivity contribution is 6.32. The van der Waals surface area contributed by atoms with Crippen LogP contribution in [0.1, 0.15) is 41.3 Å². The second-order valence-corrected chi connectivity index (χ2v) is 5.03. The van der Waals surface area contributed by atoms with Crippen LogP contribution in [0.2, 0.25) is 5.22 Å². The average Bonchev–Trinajstić information content (AvgIpc) is 2.83. The molecule has 1 heterocycles. The van der Waals surface area contributed by atoms with Crippen LogP contribution in [0.25, 0.3) is 0 Å². The predicted molar refractivity (Wildman–Crippen MR) is 75.4 cm³/mol. The monoisotopic (exact) mass is 277 g/mol. The third-order valence-electron chi connectivity index (χ3n) is 2.96. The van der Waals surface area contributed by atoms with E-state index in [1.165, 1.54) is 11.8 Å². The summed E-state index contributed by atoms with van der Waals surface area (Å²) in [5, 5.41) is 2.93. The predicted octanol–water partition coefficient (Wildman–Crippen LogP) is 3.99. The van der Waals surface area contributed by atoms with Crippen LogP contribution in [0, 0.1) is 0 Å². The quantitative estimate of drug-likeness (QED) is 0.918. The van der Waals surface area contributed by atoms with Crippen LogP contribution in [0.15, 0.2) is 41.0 Å². The van der Waals surface area contributed by atoms with Crippen LogP contribution < -0.4 is 5.32 Å². The molecule has 0 aliphatic rings. The summed E-state index contributed by atoms with van der Waals surface area (Å²) in [6, 6.07) is 9.76. The number of amides is 1. The zero-order chi connectivity index (χ0) is 13.8. The Hall–Kier alpha value is -1.74. The zero-order valence-electron chi connectivity index (χ0n) is 10.9. The summed E-state index contributed by atoms with van der Waals surface area (Å²) < 4.78 is 4.88. The van der Waals surface area contributed by atoms with Crippen molar-refractivity contribution in [2.24, 2.45) is 0 Å². The highest BCUT2D eigenvalue weighted by Crippen LogP contribution is 2.17. The number of benzene rings is 1. The number of carbonyl (C=O) groups is 1. The van der Waals surface area contributed by atoms with E-state index in [0.29, 0.717) is 18.0 Å². The Labute approximate surface area is 117 Å². The van der Waals surface area contributed by atoms with Crippen LogP contribution in [0.4, 0.5) is 0 Å². The van der Waals surface area contributed by atoms with Crippen LogP contribution in [0.3, 0.4) is 0 Å². The molecule has 0 fully saturated rings. The SMILES string of the molecule is CC(C)c1ccc(CNC(=O)c2ccoc2Cl)cc1. The lowest BCUT2D eigenvalue weighted by Crippen LogP contribution is -2.22. The Bertz CT molecular complexity index is 558. The molecule has 1 amide bonds. The number of nitrogens with one attached hydrogen (secondary N) is 1. The van der Waals surface area contributed by atoms with Crippen LogP contribution in [0.5, 0.6) is 0 Å². The van der Waals surface area contributed by atoms with Gasteiger partial charge >= 0.3 is 0 Å². The summed E-state index contributed by atoms with van der Waals surface area (Å²) in [5.74, 6) is 0.278. The zero-order valence-corrected chi connectivity index (χ0v) is 11.7. The molecule has 100 valence electrons. The molecular weight excluding hydrogens is 262 g/mol. The van der Waals surface area contributed by atoms with E-state index in [1.807, 2.05) is 12.1 Å². The van der Waals surface area contributed by atoms with Gasteiger partial charge in [-0.05, 0) is 34.7 Å². The Morgan fingerprint density at radius 2 is 1.95 bits per heavy atom. The summed E-state index contributed by atoms with van der Waals surface area (Å²) in [7, 11) is 0. The number of carbonyl (C=O) groups excluding carboxylic acids is 1. The van der Waals surface area contributed by atoms with Gasteiger partial charge in [0, 0.05) is 6.54 Å². The maximum Gasteiger partial charge on any atom is 0.256 e. The number of furan rings is 1. The Morgan fingerprint density at radius 3 is 2.47 bits per heavy atom. The molecule has 0 radical (unpaired) electrons. The summed E-state index contributed by atoms with van der Waals surface area (Å²) in [4.78, 5) is 11.8. The van der Waals surface area contributed by atoms with Crippen molar-refractivity contribution >= 4 is 17.5 Å². The van der Waals surface area contributed by atoms with Gasteiger partial charge < -0.3 is 9.73 Å². The lowest BCUT2D eigenvalue weighted by atomic mass is 10.0. The van der Waals surface area contributed by atoms with Crippen molar-refractivity contribution in [3.63, 3.8) is 0 Å². The first-order chi connectivity index (χ1) is 9.08. The smallest absolute Gasteiger partial charge is 0.256 e. The molecule has 2 rings (SSSR count). The van der Waals surface area contributed by atoms with E-state index in [2.05, 4.69) is 31.3 Å². The first-order valence-electron chi connectivity index (χ1n) is 6.18. The van der Waals surface area contributed by atoms with E-state index < -0.39 is 0 Å². The van der Waals surface area contributed by atoms with Crippen LogP contribution >= 0.6 is 11.6 Å². The molecule has 3 nitrogen and oxygen atoms in total. The van der Waals surface area contributed by atoms with Crippen molar-refractivity contribution < 1.29 is 9.21 Å². The third kappa shape index (κ3) is 3.38. The molecule has 0 saturated heterocycles. The fraction of sp³-hybridized carbons (Fsp3) is 0.267. The normalized spacial score (nSPS) is 10.7. The van der Waals surface area contributed by atoms with Gasteiger partial charge in [-0.2, -0.15) is 0 Å². The summed E-state index contributed by atoms with van der Waals surface area (Å²) >= 11 is 5.74. The minimum absolute atomic E-state index is 0.118. The molecule has 1 aromatic heterocycles. The molecule has 1 N–H and O–H groups in total. The third-order valence-corrected chi connectivity index (χ3v) is 3.25. The average molecular weight is 278 g/mol. The molecule has 0 bridgehead atoms. The van der Waals surface area contributed by atoms with Crippen molar-refractivity contribution in [1.29, 1.82) is 0 Å². The van der Waals surface area contributed by atoms with Crippen molar-refractivity contribution in [2.45, 2.75) is 26.3 Å². The molecular formula is C15H16ClNO2. The molecule has 0 aliphatic carbocycles. The molecule has 0 unspecified atom stereocenters. The van der Waals surface area contributed by atoms with Gasteiger partial charge in [0.2, 0.25) is 5.22 Å². The van der Waals surface area contributed by atoms with Gasteiger partial charge in [0.05, 0.1) is 11.8 Å². The maximum atomic E-state index is 11.8. The largest absolute Gasteiger partial charge is 0.452 e. The summed E-state index contributed by atoms with van der Waals surface area (Å²) in [6.45, 7) is 4.77. The molecule has 0 atom stereocenters. The minimum atomic E-state index is -0.230. The Balaban J connectivity index is 1.95. The Kier molecular flexibility index (Phi) is 4.27. The fourth-order valence-corrected chi connectivity index (χ4v) is 1.95. The number of hydrogen-bond donors (Lipinski definition) is 1. The molecule has 2 aromatic rings. The van der Waals surface area contributed by atoms with E-state index in [4.69, 9.17) is 16.0 Å². The first-order valence-corrected chi connectivity index (χ1v) is 6.55. The van der Waals surface area contributed by atoms with Gasteiger partial charge in [-0.15, -0.1) is 0 Å². The van der Waals surface area contributed by atoms with Gasteiger partial charge in [0.15, 0.2) is 0 Å². The fourth-order valence-electron chi connectivity index (χ4n) is 1.75. The van der Waals surface area contributed by atoms with Crippen molar-refractivity contribution in [2.75, 3.05) is 0 Å². The second-order valence-electron chi connectivity index (χ2n) is 4.69. The number of hydrogen-bond acceptors (Lipinski definition) is 2. The standard InChI is InChI=1S/C15H16ClNO2/c1-10(2)12-5-3-11(4-6-12)9-17-15(18)13-7-8-19-14(13)16/h3-8,10H,9H2,1-2H3,(H,17,18). The first kappa shape index (κ1) is 13.7. The summed E-state index contributed by atoms with van der Waals surface area (Å²) in [6.07, 6.45) is 1.40. The van der Waals surface area contributed by atoms with Crippen molar-refractivity contribution in [3.8, 4) is 0 Å². The van der Waals surface area contributed by atoms with Crippen LogP contribution in [-0.2, 0) is 6.54 Å². The maximum absolute atomic E-state index is 11.8. The topological polar surface area (TPSA) is 42.2 Å². The van der Waals surface area contributed by atoms with Gasteiger partial charge in [0.25, 0.3) is 5.91 Å². The van der Waals surface area contributed by atoms with Crippen molar-refractivity contribution in [3.05, 3.63) is 58.5 Å². The van der Waals surface area contributed by atoms with E-state index in [1.54, 1.807) is 6.07 Å². The molecule has 4 heteroatoms. The van der Waals surface area contributed by atoms with E-state index in [0.717, 1.165) is 5.56 Å². The highest BCUT2D eigenvalue weighted by atomic mass is 35.5. The number of rotatable bonds is 4. The molecule has 0 spiro atoms. The molecule has 19 heavy (non-hydrogen) atoms. The van der Waals surface area contributed by atoms with Crippen LogP contribution in [-0.4, -0.2) is 5.91 Å². The minimum Gasteiger partial charge on any atom is -0.452 e.